The standard InChI is InChI=1S/C17H15FN4/c18-15-7-5-13(6-8-15)12-1-3-14(4-2-12)16-11-22-17(21-16)19-9-10-20-22/h1-8,11,20H,9-10H2,(H,19,21). The molecule has 4 nitrogen and oxygen atoms in total. The normalized spacial score (nSPS) is 13.1. The van der Waals surface area contributed by atoms with Gasteiger partial charge in [0.1, 0.15) is 5.82 Å². The van der Waals surface area contributed by atoms with Crippen LogP contribution in [0.3, 0.4) is 0 Å². The number of hydrogen-bond donors (Lipinski definition) is 2. The van der Waals surface area contributed by atoms with Crippen molar-refractivity contribution in [2.75, 3.05) is 23.8 Å². The molecule has 0 fully saturated rings. The molecule has 0 unspecified atom stereocenters. The van der Waals surface area contributed by atoms with Crippen molar-refractivity contribution in [2.45, 2.75) is 0 Å². The van der Waals surface area contributed by atoms with Crippen LogP contribution in [0.4, 0.5) is 10.3 Å². The van der Waals surface area contributed by atoms with E-state index in [1.54, 1.807) is 12.1 Å². The predicted molar refractivity (Wildman–Crippen MR) is 85.8 cm³/mol. The first-order valence-electron chi connectivity index (χ1n) is 7.23. The van der Waals surface area contributed by atoms with Gasteiger partial charge in [-0.2, -0.15) is 0 Å². The number of aromatic nitrogens is 2. The fourth-order valence-corrected chi connectivity index (χ4v) is 2.59. The summed E-state index contributed by atoms with van der Waals surface area (Å²) in [5.74, 6) is 0.618. The van der Waals surface area contributed by atoms with Gasteiger partial charge >= 0.3 is 0 Å². The Kier molecular flexibility index (Phi) is 3.04. The number of benzene rings is 2. The molecule has 1 aliphatic rings. The fraction of sp³-hybridized carbons (Fsp3) is 0.118. The first-order valence-corrected chi connectivity index (χ1v) is 7.23. The molecular weight excluding hydrogens is 279 g/mol. The van der Waals surface area contributed by atoms with Crippen LogP contribution in [0.15, 0.2) is 54.7 Å². The zero-order valence-corrected chi connectivity index (χ0v) is 11.9. The van der Waals surface area contributed by atoms with Crippen LogP contribution in [-0.4, -0.2) is 22.7 Å². The quantitative estimate of drug-likeness (QED) is 0.762. The SMILES string of the molecule is Fc1ccc(-c2ccc(-c3cn4c(n3)NCCN4)cc2)cc1. The molecule has 3 aromatic rings. The van der Waals surface area contributed by atoms with Gasteiger partial charge in [0.05, 0.1) is 11.9 Å². The van der Waals surface area contributed by atoms with E-state index in [0.29, 0.717) is 0 Å². The van der Waals surface area contributed by atoms with Gasteiger partial charge in [-0.25, -0.2) is 14.1 Å². The number of hydrogen-bond acceptors (Lipinski definition) is 3. The van der Waals surface area contributed by atoms with Gasteiger partial charge < -0.3 is 10.7 Å². The molecule has 22 heavy (non-hydrogen) atoms. The summed E-state index contributed by atoms with van der Waals surface area (Å²) in [6, 6.07) is 14.7. The van der Waals surface area contributed by atoms with Gasteiger partial charge in [-0.1, -0.05) is 36.4 Å². The minimum Gasteiger partial charge on any atom is -0.352 e. The number of fused-ring (bicyclic) bond motifs is 1. The Morgan fingerprint density at radius 2 is 1.50 bits per heavy atom. The molecule has 4 rings (SSSR count). The van der Waals surface area contributed by atoms with Crippen LogP contribution in [0.2, 0.25) is 0 Å². The molecule has 0 bridgehead atoms. The van der Waals surface area contributed by atoms with E-state index >= 15 is 0 Å². The molecule has 5 heteroatoms. The highest BCUT2D eigenvalue weighted by Crippen LogP contribution is 2.25. The Morgan fingerprint density at radius 3 is 2.18 bits per heavy atom. The average Bonchev–Trinajstić information content (AvgIpc) is 3.00. The molecule has 0 saturated carbocycles. The van der Waals surface area contributed by atoms with Crippen LogP contribution in [-0.2, 0) is 0 Å². The summed E-state index contributed by atoms with van der Waals surface area (Å²) < 4.78 is 14.9. The van der Waals surface area contributed by atoms with Crippen molar-refractivity contribution >= 4 is 5.95 Å². The molecule has 0 saturated heterocycles. The van der Waals surface area contributed by atoms with Gasteiger partial charge in [0.2, 0.25) is 5.95 Å². The molecule has 0 spiro atoms. The van der Waals surface area contributed by atoms with Gasteiger partial charge in [0.25, 0.3) is 0 Å². The van der Waals surface area contributed by atoms with E-state index in [0.717, 1.165) is 41.4 Å². The van der Waals surface area contributed by atoms with Gasteiger partial charge in [-0.3, -0.25) is 0 Å². The molecule has 2 N–H and O–H groups in total. The molecular formula is C17H15FN4. The molecule has 2 heterocycles. The van der Waals surface area contributed by atoms with E-state index in [4.69, 9.17) is 0 Å². The molecule has 0 aliphatic carbocycles. The minimum atomic E-state index is -0.219. The monoisotopic (exact) mass is 294 g/mol. The van der Waals surface area contributed by atoms with Crippen LogP contribution in [0.5, 0.6) is 0 Å². The summed E-state index contributed by atoms with van der Waals surface area (Å²) in [4.78, 5) is 4.57. The first-order chi connectivity index (χ1) is 10.8. The second-order valence-electron chi connectivity index (χ2n) is 5.24. The van der Waals surface area contributed by atoms with E-state index in [1.807, 2.05) is 35.1 Å². The molecule has 2 aromatic carbocycles. The summed E-state index contributed by atoms with van der Waals surface area (Å²) >= 11 is 0. The zero-order chi connectivity index (χ0) is 14.9. The Morgan fingerprint density at radius 1 is 0.864 bits per heavy atom. The lowest BCUT2D eigenvalue weighted by Crippen LogP contribution is -2.29. The Labute approximate surface area is 127 Å². The maximum atomic E-state index is 13.0. The second-order valence-corrected chi connectivity index (χ2v) is 5.24. The first kappa shape index (κ1) is 12.9. The average molecular weight is 294 g/mol. The maximum Gasteiger partial charge on any atom is 0.222 e. The van der Waals surface area contributed by atoms with Crippen LogP contribution in [0.1, 0.15) is 0 Å². The molecule has 1 aliphatic heterocycles. The lowest BCUT2D eigenvalue weighted by atomic mass is 10.0. The minimum absolute atomic E-state index is 0.219. The topological polar surface area (TPSA) is 41.9 Å². The predicted octanol–water partition coefficient (Wildman–Crippen LogP) is 3.33. The number of halogens is 1. The van der Waals surface area contributed by atoms with Crippen LogP contribution in [0.25, 0.3) is 22.4 Å². The highest BCUT2D eigenvalue weighted by atomic mass is 19.1. The largest absolute Gasteiger partial charge is 0.352 e. The summed E-state index contributed by atoms with van der Waals surface area (Å²) in [5.41, 5.74) is 7.28. The van der Waals surface area contributed by atoms with Gasteiger partial charge in [-0.05, 0) is 23.3 Å². The lowest BCUT2D eigenvalue weighted by Gasteiger charge is -2.16. The second kappa shape index (κ2) is 5.18. The number of imidazole rings is 1. The highest BCUT2D eigenvalue weighted by Gasteiger charge is 2.12. The molecule has 0 amide bonds. The highest BCUT2D eigenvalue weighted by molar-refractivity contribution is 5.69. The van der Waals surface area contributed by atoms with Crippen LogP contribution in [0, 0.1) is 5.82 Å². The van der Waals surface area contributed by atoms with Crippen molar-refractivity contribution in [3.8, 4) is 22.4 Å². The van der Waals surface area contributed by atoms with Gasteiger partial charge in [0, 0.05) is 18.7 Å². The molecule has 110 valence electrons. The third-order valence-electron chi connectivity index (χ3n) is 3.75. The number of anilines is 1. The number of nitrogens with one attached hydrogen (secondary N) is 2. The summed E-state index contributed by atoms with van der Waals surface area (Å²) in [7, 11) is 0. The van der Waals surface area contributed by atoms with Crippen molar-refractivity contribution in [1.29, 1.82) is 0 Å². The van der Waals surface area contributed by atoms with E-state index in [1.165, 1.54) is 12.1 Å². The van der Waals surface area contributed by atoms with Gasteiger partial charge in [0.15, 0.2) is 0 Å². The third-order valence-corrected chi connectivity index (χ3v) is 3.75. The van der Waals surface area contributed by atoms with E-state index in [9.17, 15) is 4.39 Å². The van der Waals surface area contributed by atoms with Crippen molar-refractivity contribution < 1.29 is 4.39 Å². The van der Waals surface area contributed by atoms with Crippen molar-refractivity contribution in [2.24, 2.45) is 0 Å². The summed E-state index contributed by atoms with van der Waals surface area (Å²) in [6.07, 6.45) is 1.98. The molecule has 0 radical (unpaired) electrons. The fourth-order valence-electron chi connectivity index (χ4n) is 2.59. The van der Waals surface area contributed by atoms with E-state index < -0.39 is 0 Å². The maximum absolute atomic E-state index is 13.0. The summed E-state index contributed by atoms with van der Waals surface area (Å²) in [5, 5.41) is 3.25. The van der Waals surface area contributed by atoms with Crippen molar-refractivity contribution in [3.63, 3.8) is 0 Å². The van der Waals surface area contributed by atoms with Crippen molar-refractivity contribution in [3.05, 3.63) is 60.5 Å². The number of nitrogens with zero attached hydrogens (tertiary/aromatic N) is 2. The van der Waals surface area contributed by atoms with Crippen LogP contribution < -0.4 is 10.7 Å². The van der Waals surface area contributed by atoms with E-state index in [-0.39, 0.29) is 5.82 Å². The smallest absolute Gasteiger partial charge is 0.222 e. The van der Waals surface area contributed by atoms with Gasteiger partial charge in [-0.15, -0.1) is 0 Å². The lowest BCUT2D eigenvalue weighted by molar-refractivity contribution is 0.628. The zero-order valence-electron chi connectivity index (χ0n) is 11.9. The van der Waals surface area contributed by atoms with E-state index in [2.05, 4.69) is 15.7 Å². The summed E-state index contributed by atoms with van der Waals surface area (Å²) in [6.45, 7) is 1.76. The Balaban J connectivity index is 1.64. The van der Waals surface area contributed by atoms with Crippen LogP contribution >= 0.6 is 0 Å². The Hall–Kier alpha value is -2.82. The third kappa shape index (κ3) is 2.30. The number of rotatable bonds is 2. The Bertz CT molecular complexity index is 767. The molecule has 1 aromatic heterocycles. The molecule has 0 atom stereocenters. The van der Waals surface area contributed by atoms with Crippen molar-refractivity contribution in [1.82, 2.24) is 9.66 Å².